The summed E-state index contributed by atoms with van der Waals surface area (Å²) in [6.07, 6.45) is 3.07. The van der Waals surface area contributed by atoms with E-state index < -0.39 is 5.41 Å². The molecule has 1 saturated carbocycles. The topological polar surface area (TPSA) is 78.9 Å². The number of benzene rings is 1. The number of carbonyl (C=O) groups is 1. The van der Waals surface area contributed by atoms with Crippen LogP contribution in [0.15, 0.2) is 35.5 Å². The zero-order chi connectivity index (χ0) is 14.6. The normalized spacial score (nSPS) is 17.4. The van der Waals surface area contributed by atoms with Crippen LogP contribution in [0.5, 0.6) is 0 Å². The fraction of sp³-hybridized carbons (Fsp3) is 0.467. The molecule has 1 amide bonds. The van der Waals surface area contributed by atoms with Crippen LogP contribution in [-0.2, 0) is 11.2 Å². The highest BCUT2D eigenvalue weighted by Gasteiger charge is 2.49. The van der Waals surface area contributed by atoms with Crippen molar-refractivity contribution in [1.82, 2.24) is 4.90 Å². The predicted molar refractivity (Wildman–Crippen MR) is 77.5 cm³/mol. The van der Waals surface area contributed by atoms with Crippen LogP contribution >= 0.6 is 0 Å². The number of nitrogens with two attached hydrogens (primary N) is 1. The van der Waals surface area contributed by atoms with Crippen molar-refractivity contribution in [3.8, 4) is 0 Å². The summed E-state index contributed by atoms with van der Waals surface area (Å²) in [5.74, 6) is -0.00436. The standard InChI is InChI=1S/C15H21N3O2/c1-18(11-8-12-6-3-2-4-7-12)14(19)15(9-5-10-15)13(16)17-20/h2-4,6-7,20H,5,8-11H2,1H3,(H2,16,17). The maximum absolute atomic E-state index is 12.5. The molecule has 2 rings (SSSR count). The minimum Gasteiger partial charge on any atom is -0.409 e. The summed E-state index contributed by atoms with van der Waals surface area (Å²) in [6, 6.07) is 10.0. The van der Waals surface area contributed by atoms with Gasteiger partial charge in [-0.1, -0.05) is 41.9 Å². The van der Waals surface area contributed by atoms with E-state index in [4.69, 9.17) is 10.9 Å². The molecule has 1 aromatic rings. The summed E-state index contributed by atoms with van der Waals surface area (Å²) in [5, 5.41) is 11.9. The Morgan fingerprint density at radius 1 is 1.40 bits per heavy atom. The van der Waals surface area contributed by atoms with Gasteiger partial charge in [-0.2, -0.15) is 0 Å². The smallest absolute Gasteiger partial charge is 0.236 e. The molecule has 20 heavy (non-hydrogen) atoms. The minimum atomic E-state index is -0.778. The number of nitrogens with zero attached hydrogens (tertiary/aromatic N) is 2. The third kappa shape index (κ3) is 2.61. The average molecular weight is 275 g/mol. The van der Waals surface area contributed by atoms with Crippen molar-refractivity contribution in [3.63, 3.8) is 0 Å². The van der Waals surface area contributed by atoms with Crippen LogP contribution in [0, 0.1) is 5.41 Å². The molecule has 0 aromatic heterocycles. The number of oxime groups is 1. The highest BCUT2D eigenvalue weighted by molar-refractivity contribution is 6.07. The molecule has 1 aromatic carbocycles. The fourth-order valence-corrected chi connectivity index (χ4v) is 2.61. The van der Waals surface area contributed by atoms with Gasteiger partial charge in [-0.05, 0) is 24.8 Å². The van der Waals surface area contributed by atoms with Crippen molar-refractivity contribution in [3.05, 3.63) is 35.9 Å². The molecule has 0 bridgehead atoms. The summed E-state index contributed by atoms with van der Waals surface area (Å²) in [5.41, 5.74) is 6.13. The molecular formula is C15H21N3O2. The van der Waals surface area contributed by atoms with Gasteiger partial charge in [0.2, 0.25) is 5.91 Å². The van der Waals surface area contributed by atoms with Gasteiger partial charge in [0.1, 0.15) is 5.41 Å². The van der Waals surface area contributed by atoms with Crippen LogP contribution in [0.2, 0.25) is 0 Å². The van der Waals surface area contributed by atoms with E-state index in [1.54, 1.807) is 11.9 Å². The van der Waals surface area contributed by atoms with Gasteiger partial charge in [0.25, 0.3) is 0 Å². The van der Waals surface area contributed by atoms with E-state index >= 15 is 0 Å². The molecule has 5 nitrogen and oxygen atoms in total. The molecule has 0 radical (unpaired) electrons. The Morgan fingerprint density at radius 2 is 2.05 bits per heavy atom. The lowest BCUT2D eigenvalue weighted by Crippen LogP contribution is -2.54. The number of likely N-dealkylation sites (N-methyl/N-ethyl adjacent to an activating group) is 1. The van der Waals surface area contributed by atoms with E-state index in [1.165, 1.54) is 5.56 Å². The summed E-state index contributed by atoms with van der Waals surface area (Å²) >= 11 is 0. The van der Waals surface area contributed by atoms with Crippen molar-refractivity contribution in [2.24, 2.45) is 16.3 Å². The first kappa shape index (κ1) is 14.4. The zero-order valence-corrected chi connectivity index (χ0v) is 11.7. The second kappa shape index (κ2) is 5.94. The molecule has 0 atom stereocenters. The van der Waals surface area contributed by atoms with Crippen molar-refractivity contribution >= 4 is 11.7 Å². The van der Waals surface area contributed by atoms with Gasteiger partial charge in [0.15, 0.2) is 5.84 Å². The lowest BCUT2D eigenvalue weighted by molar-refractivity contribution is -0.140. The third-order valence-corrected chi connectivity index (χ3v) is 4.14. The maximum atomic E-state index is 12.5. The van der Waals surface area contributed by atoms with Gasteiger partial charge in [0, 0.05) is 13.6 Å². The van der Waals surface area contributed by atoms with Crippen molar-refractivity contribution in [2.45, 2.75) is 25.7 Å². The predicted octanol–water partition coefficient (Wildman–Crippen LogP) is 1.60. The Kier molecular flexibility index (Phi) is 4.27. The van der Waals surface area contributed by atoms with E-state index in [0.29, 0.717) is 19.4 Å². The van der Waals surface area contributed by atoms with E-state index in [9.17, 15) is 4.79 Å². The largest absolute Gasteiger partial charge is 0.409 e. The van der Waals surface area contributed by atoms with Crippen LogP contribution in [-0.4, -0.2) is 35.4 Å². The lowest BCUT2D eigenvalue weighted by atomic mass is 9.67. The number of hydrogen-bond acceptors (Lipinski definition) is 3. The van der Waals surface area contributed by atoms with E-state index in [1.807, 2.05) is 30.3 Å². The Morgan fingerprint density at radius 3 is 2.55 bits per heavy atom. The molecule has 5 heteroatoms. The second-order valence-electron chi connectivity index (χ2n) is 5.38. The van der Waals surface area contributed by atoms with Gasteiger partial charge < -0.3 is 15.8 Å². The highest BCUT2D eigenvalue weighted by atomic mass is 16.4. The summed E-state index contributed by atoms with van der Waals surface area (Å²) < 4.78 is 0. The molecule has 1 aliphatic carbocycles. The monoisotopic (exact) mass is 275 g/mol. The van der Waals surface area contributed by atoms with Crippen LogP contribution in [0.4, 0.5) is 0 Å². The van der Waals surface area contributed by atoms with Crippen molar-refractivity contribution in [2.75, 3.05) is 13.6 Å². The molecule has 0 saturated heterocycles. The molecule has 1 aliphatic rings. The van der Waals surface area contributed by atoms with E-state index in [0.717, 1.165) is 12.8 Å². The number of amides is 1. The van der Waals surface area contributed by atoms with Gasteiger partial charge in [-0.3, -0.25) is 4.79 Å². The number of amidine groups is 1. The first-order valence-corrected chi connectivity index (χ1v) is 6.87. The average Bonchev–Trinajstić information content (AvgIpc) is 2.44. The van der Waals surface area contributed by atoms with Gasteiger partial charge >= 0.3 is 0 Å². The SMILES string of the molecule is CN(CCc1ccccc1)C(=O)C1(/C(N)=N/O)CCC1. The van der Waals surface area contributed by atoms with Crippen LogP contribution in [0.25, 0.3) is 0 Å². The Bertz CT molecular complexity index is 495. The molecular weight excluding hydrogens is 254 g/mol. The van der Waals surface area contributed by atoms with Crippen molar-refractivity contribution < 1.29 is 10.0 Å². The fourth-order valence-electron chi connectivity index (χ4n) is 2.61. The van der Waals surface area contributed by atoms with Gasteiger partial charge in [-0.15, -0.1) is 0 Å². The molecule has 0 unspecified atom stereocenters. The number of hydrogen-bond donors (Lipinski definition) is 2. The summed E-state index contributed by atoms with van der Waals surface area (Å²) in [4.78, 5) is 14.2. The summed E-state index contributed by atoms with van der Waals surface area (Å²) in [7, 11) is 1.77. The number of carbonyl (C=O) groups excluding carboxylic acids is 1. The highest BCUT2D eigenvalue weighted by Crippen LogP contribution is 2.42. The molecule has 0 spiro atoms. The van der Waals surface area contributed by atoms with Crippen molar-refractivity contribution in [1.29, 1.82) is 0 Å². The molecule has 108 valence electrons. The molecule has 1 fully saturated rings. The van der Waals surface area contributed by atoms with E-state index in [2.05, 4.69) is 5.16 Å². The second-order valence-corrected chi connectivity index (χ2v) is 5.38. The first-order chi connectivity index (χ1) is 9.60. The van der Waals surface area contributed by atoms with Crippen LogP contribution in [0.1, 0.15) is 24.8 Å². The third-order valence-electron chi connectivity index (χ3n) is 4.14. The van der Waals surface area contributed by atoms with Gasteiger partial charge in [0.05, 0.1) is 0 Å². The maximum Gasteiger partial charge on any atom is 0.236 e. The molecule has 0 aliphatic heterocycles. The Labute approximate surface area is 119 Å². The van der Waals surface area contributed by atoms with Crippen LogP contribution in [0.3, 0.4) is 0 Å². The van der Waals surface area contributed by atoms with Crippen LogP contribution < -0.4 is 5.73 Å². The Balaban J connectivity index is 1.98. The van der Waals surface area contributed by atoms with Gasteiger partial charge in [-0.25, -0.2) is 0 Å². The first-order valence-electron chi connectivity index (χ1n) is 6.87. The lowest BCUT2D eigenvalue weighted by Gasteiger charge is -2.41. The quantitative estimate of drug-likeness (QED) is 0.371. The zero-order valence-electron chi connectivity index (χ0n) is 11.7. The molecule has 3 N–H and O–H groups in total. The number of rotatable bonds is 5. The van der Waals surface area contributed by atoms with E-state index in [-0.39, 0.29) is 11.7 Å². The molecule has 0 heterocycles. The minimum absolute atomic E-state index is 0.0420. The summed E-state index contributed by atoms with van der Waals surface area (Å²) in [6.45, 7) is 0.628. The Hall–Kier alpha value is -2.04.